The van der Waals surface area contributed by atoms with Crippen molar-refractivity contribution in [2.24, 2.45) is 5.73 Å². The van der Waals surface area contributed by atoms with E-state index in [4.69, 9.17) is 14.9 Å². The lowest BCUT2D eigenvalue weighted by molar-refractivity contribution is 0.306. The Hall–Kier alpha value is -2.59. The first-order chi connectivity index (χ1) is 10.8. The minimum Gasteiger partial charge on any atom is -0.489 e. The molecule has 0 saturated carbocycles. The van der Waals surface area contributed by atoms with Gasteiger partial charge in [-0.15, -0.1) is 0 Å². The van der Waals surface area contributed by atoms with Gasteiger partial charge in [0.1, 0.15) is 18.1 Å². The van der Waals surface area contributed by atoms with Gasteiger partial charge in [0.15, 0.2) is 6.39 Å². The number of rotatable bonds is 6. The van der Waals surface area contributed by atoms with Crippen molar-refractivity contribution in [2.45, 2.75) is 19.1 Å². The summed E-state index contributed by atoms with van der Waals surface area (Å²) >= 11 is 0. The lowest BCUT2D eigenvalue weighted by Crippen LogP contribution is -2.12. The van der Waals surface area contributed by atoms with Gasteiger partial charge in [0, 0.05) is 0 Å². The second-order valence-corrected chi connectivity index (χ2v) is 5.13. The van der Waals surface area contributed by atoms with Gasteiger partial charge in [0.2, 0.25) is 0 Å². The fraction of sp³-hybridized carbons (Fsp3) is 0.167. The zero-order valence-corrected chi connectivity index (χ0v) is 12.2. The average Bonchev–Trinajstić information content (AvgIpc) is 3.10. The van der Waals surface area contributed by atoms with Crippen LogP contribution in [0.3, 0.4) is 0 Å². The van der Waals surface area contributed by atoms with Crippen molar-refractivity contribution in [3.63, 3.8) is 0 Å². The van der Waals surface area contributed by atoms with E-state index < -0.39 is 0 Å². The molecule has 4 nitrogen and oxygen atoms in total. The van der Waals surface area contributed by atoms with Gasteiger partial charge in [-0.2, -0.15) is 0 Å². The van der Waals surface area contributed by atoms with Crippen LogP contribution in [-0.2, 0) is 13.0 Å². The molecule has 3 aromatic rings. The van der Waals surface area contributed by atoms with E-state index in [1.807, 2.05) is 54.6 Å². The molecule has 0 radical (unpaired) electrons. The zero-order valence-electron chi connectivity index (χ0n) is 12.2. The van der Waals surface area contributed by atoms with E-state index in [9.17, 15) is 0 Å². The Balaban J connectivity index is 1.56. The van der Waals surface area contributed by atoms with Crippen LogP contribution < -0.4 is 10.5 Å². The summed E-state index contributed by atoms with van der Waals surface area (Å²) < 4.78 is 11.0. The van der Waals surface area contributed by atoms with Gasteiger partial charge in [-0.3, -0.25) is 0 Å². The van der Waals surface area contributed by atoms with Crippen LogP contribution in [0.2, 0.25) is 0 Å². The Morgan fingerprint density at radius 2 is 1.77 bits per heavy atom. The average molecular weight is 294 g/mol. The molecule has 22 heavy (non-hydrogen) atoms. The quantitative estimate of drug-likeness (QED) is 0.756. The van der Waals surface area contributed by atoms with Crippen molar-refractivity contribution in [3.8, 4) is 5.75 Å². The molecule has 1 heterocycles. The molecule has 0 fully saturated rings. The van der Waals surface area contributed by atoms with Gasteiger partial charge in [-0.1, -0.05) is 42.5 Å². The van der Waals surface area contributed by atoms with Gasteiger partial charge in [-0.25, -0.2) is 4.98 Å². The lowest BCUT2D eigenvalue weighted by Gasteiger charge is -2.10. The van der Waals surface area contributed by atoms with Crippen LogP contribution in [0.25, 0.3) is 0 Å². The highest BCUT2D eigenvalue weighted by atomic mass is 16.5. The predicted octanol–water partition coefficient (Wildman–Crippen LogP) is 3.50. The molecule has 1 atom stereocenters. The summed E-state index contributed by atoms with van der Waals surface area (Å²) in [5, 5.41) is 0. The Morgan fingerprint density at radius 1 is 1.00 bits per heavy atom. The van der Waals surface area contributed by atoms with E-state index in [-0.39, 0.29) is 6.04 Å². The molecule has 0 amide bonds. The van der Waals surface area contributed by atoms with Crippen molar-refractivity contribution in [1.82, 2.24) is 4.98 Å². The maximum Gasteiger partial charge on any atom is 0.180 e. The topological polar surface area (TPSA) is 61.3 Å². The van der Waals surface area contributed by atoms with Gasteiger partial charge in [0.25, 0.3) is 0 Å². The minimum absolute atomic E-state index is 0.182. The predicted molar refractivity (Wildman–Crippen MR) is 84.4 cm³/mol. The van der Waals surface area contributed by atoms with Gasteiger partial charge >= 0.3 is 0 Å². The number of nitrogens with two attached hydrogens (primary N) is 1. The number of hydrogen-bond acceptors (Lipinski definition) is 4. The van der Waals surface area contributed by atoms with Crippen molar-refractivity contribution in [1.29, 1.82) is 0 Å². The number of oxazole rings is 1. The SMILES string of the molecule is NC(Cc1ccc(OCc2ccccc2)cc1)c1cnco1. The molecule has 0 spiro atoms. The normalized spacial score (nSPS) is 12.0. The fourth-order valence-electron chi connectivity index (χ4n) is 2.23. The summed E-state index contributed by atoms with van der Waals surface area (Å²) in [7, 11) is 0. The maximum absolute atomic E-state index is 6.08. The summed E-state index contributed by atoms with van der Waals surface area (Å²) in [6.45, 7) is 0.567. The lowest BCUT2D eigenvalue weighted by atomic mass is 10.1. The number of ether oxygens (including phenoxy) is 1. The molecule has 2 N–H and O–H groups in total. The molecular weight excluding hydrogens is 276 g/mol. The fourth-order valence-corrected chi connectivity index (χ4v) is 2.23. The van der Waals surface area contributed by atoms with Crippen LogP contribution in [0.15, 0.2) is 71.6 Å². The van der Waals surface area contributed by atoms with Crippen LogP contribution in [0, 0.1) is 0 Å². The molecule has 3 rings (SSSR count). The summed E-state index contributed by atoms with van der Waals surface area (Å²) in [4.78, 5) is 3.89. The minimum atomic E-state index is -0.182. The van der Waals surface area contributed by atoms with Crippen molar-refractivity contribution in [2.75, 3.05) is 0 Å². The van der Waals surface area contributed by atoms with Gasteiger partial charge in [0.05, 0.1) is 12.2 Å². The summed E-state index contributed by atoms with van der Waals surface area (Å²) in [6.07, 6.45) is 3.76. The highest BCUT2D eigenvalue weighted by molar-refractivity contribution is 5.28. The third kappa shape index (κ3) is 3.74. The van der Waals surface area contributed by atoms with Crippen LogP contribution in [0.4, 0.5) is 0 Å². The highest BCUT2D eigenvalue weighted by Gasteiger charge is 2.10. The summed E-state index contributed by atoms with van der Waals surface area (Å²) in [5.41, 5.74) is 8.37. The molecule has 1 aromatic heterocycles. The van der Waals surface area contributed by atoms with Crippen molar-refractivity contribution in [3.05, 3.63) is 84.1 Å². The van der Waals surface area contributed by atoms with Crippen LogP contribution in [-0.4, -0.2) is 4.98 Å². The van der Waals surface area contributed by atoms with E-state index in [2.05, 4.69) is 4.98 Å². The Bertz CT molecular complexity index is 679. The third-order valence-electron chi connectivity index (χ3n) is 3.44. The van der Waals surface area contributed by atoms with E-state index >= 15 is 0 Å². The standard InChI is InChI=1S/C18H18N2O2/c19-17(18-11-20-13-22-18)10-14-6-8-16(9-7-14)21-12-15-4-2-1-3-5-15/h1-9,11,13,17H,10,12,19H2. The monoisotopic (exact) mass is 294 g/mol. The number of benzene rings is 2. The molecule has 0 bridgehead atoms. The Labute approximate surface area is 129 Å². The molecule has 0 saturated heterocycles. The molecule has 0 aliphatic carbocycles. The smallest absolute Gasteiger partial charge is 0.180 e. The van der Waals surface area contributed by atoms with E-state index in [0.717, 1.165) is 16.9 Å². The first-order valence-electron chi connectivity index (χ1n) is 7.21. The van der Waals surface area contributed by atoms with Crippen LogP contribution in [0.1, 0.15) is 22.9 Å². The first kappa shape index (κ1) is 14.4. The molecular formula is C18H18N2O2. The Morgan fingerprint density at radius 3 is 2.45 bits per heavy atom. The first-order valence-corrected chi connectivity index (χ1v) is 7.21. The zero-order chi connectivity index (χ0) is 15.2. The highest BCUT2D eigenvalue weighted by Crippen LogP contribution is 2.19. The van der Waals surface area contributed by atoms with Crippen molar-refractivity contribution < 1.29 is 9.15 Å². The Kier molecular flexibility index (Phi) is 4.51. The second-order valence-electron chi connectivity index (χ2n) is 5.13. The second kappa shape index (κ2) is 6.91. The van der Waals surface area contributed by atoms with Gasteiger partial charge in [-0.05, 0) is 29.7 Å². The molecule has 1 unspecified atom stereocenters. The molecule has 0 aliphatic heterocycles. The van der Waals surface area contributed by atoms with E-state index in [1.54, 1.807) is 6.20 Å². The molecule has 112 valence electrons. The molecule has 2 aromatic carbocycles. The summed E-state index contributed by atoms with van der Waals surface area (Å²) in [6, 6.07) is 17.9. The maximum atomic E-state index is 6.08. The largest absolute Gasteiger partial charge is 0.489 e. The van der Waals surface area contributed by atoms with Gasteiger partial charge < -0.3 is 14.9 Å². The number of nitrogens with zero attached hydrogens (tertiary/aromatic N) is 1. The third-order valence-corrected chi connectivity index (χ3v) is 3.44. The van der Waals surface area contributed by atoms with E-state index in [0.29, 0.717) is 18.8 Å². The van der Waals surface area contributed by atoms with Crippen LogP contribution >= 0.6 is 0 Å². The molecule has 4 heteroatoms. The summed E-state index contributed by atoms with van der Waals surface area (Å²) in [5.74, 6) is 1.55. The molecule has 0 aliphatic rings. The van der Waals surface area contributed by atoms with E-state index in [1.165, 1.54) is 6.39 Å². The number of aromatic nitrogens is 1. The van der Waals surface area contributed by atoms with Crippen molar-refractivity contribution >= 4 is 0 Å². The van der Waals surface area contributed by atoms with Crippen LogP contribution in [0.5, 0.6) is 5.75 Å². The number of hydrogen-bond donors (Lipinski definition) is 1.